The molecule has 0 radical (unpaired) electrons. The summed E-state index contributed by atoms with van der Waals surface area (Å²) >= 11 is 12.5. The molecule has 2 heterocycles. The number of para-hydroxylation sites is 1. The number of carbonyl (C=O) groups excluding carboxylic acids is 4. The van der Waals surface area contributed by atoms with E-state index in [1.165, 1.54) is 22.6 Å². The lowest BCUT2D eigenvalue weighted by Gasteiger charge is -2.19. The second-order valence-corrected chi connectivity index (χ2v) is 12.7. The minimum atomic E-state index is -1.20. The summed E-state index contributed by atoms with van der Waals surface area (Å²) < 4.78 is 19.2. The second-order valence-electron chi connectivity index (χ2n) is 12.0. The van der Waals surface area contributed by atoms with Gasteiger partial charge in [-0.05, 0) is 73.7 Å². The molecule has 3 aromatic carbocycles. The molecule has 5 atom stereocenters. The van der Waals surface area contributed by atoms with Gasteiger partial charge in [0.25, 0.3) is 0 Å². The Balaban J connectivity index is 1.19. The standard InChI is InChI=1S/C36H27Cl2FN2O5/c1-18-15-21-16-25(18)31-30(21)34(43)41(35(31)44)23-11-7-19(8-12-23)28-17-26(24-3-2-4-27(38)32(24)40-28)36(45)46-29(13-14-37)33(42)20-5-9-22(39)10-6-20/h2-12,15,17,21,25,29-31H,13-14,16H2,1H3. The van der Waals surface area contributed by atoms with Crippen molar-refractivity contribution < 1.29 is 28.3 Å². The topological polar surface area (TPSA) is 93.6 Å². The highest BCUT2D eigenvalue weighted by Gasteiger charge is 2.60. The molecule has 1 saturated heterocycles. The van der Waals surface area contributed by atoms with Crippen molar-refractivity contribution in [2.75, 3.05) is 10.8 Å². The lowest BCUT2D eigenvalue weighted by molar-refractivity contribution is -0.123. The Kier molecular flexibility index (Phi) is 7.73. The molecule has 2 aliphatic carbocycles. The van der Waals surface area contributed by atoms with E-state index in [1.54, 1.807) is 48.5 Å². The zero-order valence-electron chi connectivity index (χ0n) is 24.6. The Labute approximate surface area is 274 Å². The molecule has 0 spiro atoms. The zero-order chi connectivity index (χ0) is 32.3. The van der Waals surface area contributed by atoms with Gasteiger partial charge in [-0.3, -0.25) is 19.3 Å². The Hall–Kier alpha value is -4.40. The molecule has 7 rings (SSSR count). The fourth-order valence-electron chi connectivity index (χ4n) is 7.18. The van der Waals surface area contributed by atoms with E-state index in [0.717, 1.165) is 18.6 Å². The number of pyridine rings is 1. The smallest absolute Gasteiger partial charge is 0.339 e. The minimum absolute atomic E-state index is 0.0480. The van der Waals surface area contributed by atoms with E-state index in [4.69, 9.17) is 32.9 Å². The monoisotopic (exact) mass is 656 g/mol. The first kappa shape index (κ1) is 30.3. The minimum Gasteiger partial charge on any atom is -0.450 e. The first-order valence-electron chi connectivity index (χ1n) is 15.0. The molecule has 1 aliphatic heterocycles. The van der Waals surface area contributed by atoms with Crippen LogP contribution in [0, 0.1) is 29.5 Å². The Morgan fingerprint density at radius 2 is 1.74 bits per heavy atom. The average molecular weight is 658 g/mol. The van der Waals surface area contributed by atoms with Crippen LogP contribution in [0.15, 0.2) is 84.4 Å². The van der Waals surface area contributed by atoms with Gasteiger partial charge < -0.3 is 4.74 Å². The van der Waals surface area contributed by atoms with E-state index in [-0.39, 0.29) is 58.9 Å². The van der Waals surface area contributed by atoms with Crippen LogP contribution in [0.3, 0.4) is 0 Å². The third-order valence-electron chi connectivity index (χ3n) is 9.35. The number of carbonyl (C=O) groups is 4. The van der Waals surface area contributed by atoms with Crippen LogP contribution in [-0.4, -0.2) is 40.5 Å². The second kappa shape index (κ2) is 11.8. The van der Waals surface area contributed by atoms with Crippen LogP contribution in [0.2, 0.25) is 5.02 Å². The van der Waals surface area contributed by atoms with Crippen molar-refractivity contribution >= 4 is 63.4 Å². The van der Waals surface area contributed by atoms with Gasteiger partial charge in [0.2, 0.25) is 17.6 Å². The number of nitrogens with zero attached hydrogens (tertiary/aromatic N) is 2. The molecule has 10 heteroatoms. The molecule has 3 aliphatic rings. The Morgan fingerprint density at radius 1 is 1.02 bits per heavy atom. The van der Waals surface area contributed by atoms with Crippen molar-refractivity contribution in [1.29, 1.82) is 0 Å². The number of alkyl halides is 1. The number of amides is 2. The molecule has 46 heavy (non-hydrogen) atoms. The number of allylic oxidation sites excluding steroid dienone is 2. The summed E-state index contributed by atoms with van der Waals surface area (Å²) in [4.78, 5) is 59.7. The number of ether oxygens (including phenoxy) is 1. The van der Waals surface area contributed by atoms with Crippen molar-refractivity contribution in [3.63, 3.8) is 0 Å². The number of Topliss-reactive ketones (excluding diaryl/α,β-unsaturated/α-hetero) is 1. The zero-order valence-corrected chi connectivity index (χ0v) is 26.1. The molecule has 5 unspecified atom stereocenters. The number of hydrogen-bond donors (Lipinski definition) is 0. The molecule has 232 valence electrons. The van der Waals surface area contributed by atoms with E-state index in [9.17, 15) is 23.6 Å². The van der Waals surface area contributed by atoms with Crippen LogP contribution >= 0.6 is 23.2 Å². The van der Waals surface area contributed by atoms with Gasteiger partial charge in [-0.2, -0.15) is 0 Å². The van der Waals surface area contributed by atoms with Gasteiger partial charge in [-0.25, -0.2) is 14.2 Å². The molecule has 4 aromatic rings. The summed E-state index contributed by atoms with van der Waals surface area (Å²) in [6, 6.07) is 18.4. The van der Waals surface area contributed by atoms with Gasteiger partial charge in [0, 0.05) is 28.8 Å². The van der Waals surface area contributed by atoms with Crippen LogP contribution in [0.1, 0.15) is 40.5 Å². The maximum Gasteiger partial charge on any atom is 0.339 e. The normalized spacial score (nSPS) is 22.3. The number of aromatic nitrogens is 1. The van der Waals surface area contributed by atoms with Crippen LogP contribution in [-0.2, 0) is 14.3 Å². The average Bonchev–Trinajstić information content (AvgIpc) is 3.70. The summed E-state index contributed by atoms with van der Waals surface area (Å²) in [7, 11) is 0. The first-order chi connectivity index (χ1) is 22.2. The van der Waals surface area contributed by atoms with Gasteiger partial charge >= 0.3 is 5.97 Å². The SMILES string of the molecule is CC1=CC2CC1C1C(=O)N(c3ccc(-c4cc(C(=O)OC(CCCl)C(=O)c5ccc(F)cc5)c5cccc(Cl)c5n4)cc3)C(=O)C21. The number of imide groups is 1. The van der Waals surface area contributed by atoms with Crippen LogP contribution in [0.4, 0.5) is 10.1 Å². The summed E-state index contributed by atoms with van der Waals surface area (Å²) in [5, 5.41) is 0.734. The third kappa shape index (κ3) is 5.00. The molecular formula is C36H27Cl2FN2O5. The molecule has 1 saturated carbocycles. The molecule has 2 amide bonds. The largest absolute Gasteiger partial charge is 0.450 e. The van der Waals surface area contributed by atoms with Gasteiger partial charge in [0.1, 0.15) is 5.82 Å². The van der Waals surface area contributed by atoms with Crippen molar-refractivity contribution in [3.05, 3.63) is 106 Å². The number of rotatable bonds is 8. The molecular weight excluding hydrogens is 630 g/mol. The molecule has 1 aromatic heterocycles. The molecule has 0 N–H and O–H groups in total. The van der Waals surface area contributed by atoms with Crippen LogP contribution < -0.4 is 4.90 Å². The van der Waals surface area contributed by atoms with Crippen LogP contribution in [0.25, 0.3) is 22.2 Å². The maximum absolute atomic E-state index is 13.7. The van der Waals surface area contributed by atoms with Gasteiger partial charge in [0.05, 0.1) is 39.3 Å². The Morgan fingerprint density at radius 3 is 2.46 bits per heavy atom. The van der Waals surface area contributed by atoms with Gasteiger partial charge in [-0.15, -0.1) is 11.6 Å². The van der Waals surface area contributed by atoms with E-state index in [1.807, 2.05) is 6.92 Å². The Bertz CT molecular complexity index is 1960. The molecule has 2 bridgehead atoms. The number of benzene rings is 3. The lowest BCUT2D eigenvalue weighted by atomic mass is 9.82. The summed E-state index contributed by atoms with van der Waals surface area (Å²) in [5.41, 5.74) is 3.34. The third-order valence-corrected chi connectivity index (χ3v) is 9.88. The van der Waals surface area contributed by atoms with Crippen molar-refractivity contribution in [2.24, 2.45) is 23.7 Å². The first-order valence-corrected chi connectivity index (χ1v) is 15.9. The van der Waals surface area contributed by atoms with Crippen molar-refractivity contribution in [3.8, 4) is 11.3 Å². The number of ketones is 1. The molecule has 7 nitrogen and oxygen atoms in total. The fraction of sp³-hybridized carbons (Fsp3) is 0.250. The van der Waals surface area contributed by atoms with E-state index in [0.29, 0.717) is 32.9 Å². The number of hydrogen-bond acceptors (Lipinski definition) is 6. The summed E-state index contributed by atoms with van der Waals surface area (Å²) in [6.07, 6.45) is 1.84. The van der Waals surface area contributed by atoms with E-state index >= 15 is 0 Å². The van der Waals surface area contributed by atoms with E-state index in [2.05, 4.69) is 6.08 Å². The van der Waals surface area contributed by atoms with Gasteiger partial charge in [-0.1, -0.05) is 47.5 Å². The van der Waals surface area contributed by atoms with Crippen molar-refractivity contribution in [2.45, 2.75) is 25.9 Å². The highest BCUT2D eigenvalue weighted by molar-refractivity contribution is 6.35. The number of esters is 1. The fourth-order valence-corrected chi connectivity index (χ4v) is 7.59. The number of anilines is 1. The summed E-state index contributed by atoms with van der Waals surface area (Å²) in [5.74, 6) is -2.45. The number of halogens is 3. The highest BCUT2D eigenvalue weighted by Crippen LogP contribution is 2.56. The maximum atomic E-state index is 13.7. The predicted octanol–water partition coefficient (Wildman–Crippen LogP) is 7.43. The summed E-state index contributed by atoms with van der Waals surface area (Å²) in [6.45, 7) is 2.03. The van der Waals surface area contributed by atoms with Crippen LogP contribution in [0.5, 0.6) is 0 Å². The lowest BCUT2D eigenvalue weighted by Crippen LogP contribution is -2.32. The predicted molar refractivity (Wildman–Crippen MR) is 172 cm³/mol. The highest BCUT2D eigenvalue weighted by atomic mass is 35.5. The van der Waals surface area contributed by atoms with E-state index < -0.39 is 23.7 Å². The quantitative estimate of drug-likeness (QED) is 0.0644. The van der Waals surface area contributed by atoms with Gasteiger partial charge in [0.15, 0.2) is 6.10 Å². The molecule has 2 fully saturated rings. The van der Waals surface area contributed by atoms with Crippen molar-refractivity contribution in [1.82, 2.24) is 4.98 Å². The number of fused-ring (bicyclic) bond motifs is 6.